The molecule has 0 aliphatic rings. The normalized spacial score (nSPS) is 13.2. The van der Waals surface area contributed by atoms with E-state index in [1.807, 2.05) is 0 Å². The number of aryl methyl sites for hydroxylation is 1. The maximum atomic E-state index is 11.4. The van der Waals surface area contributed by atoms with E-state index >= 15 is 0 Å². The lowest BCUT2D eigenvalue weighted by atomic mass is 10.0. The van der Waals surface area contributed by atoms with Crippen LogP contribution in [0, 0.1) is 0 Å². The van der Waals surface area contributed by atoms with Gasteiger partial charge in [-0.2, -0.15) is 5.10 Å². The van der Waals surface area contributed by atoms with Crippen molar-refractivity contribution in [1.29, 1.82) is 0 Å². The van der Waals surface area contributed by atoms with E-state index in [-0.39, 0.29) is 4.90 Å². The summed E-state index contributed by atoms with van der Waals surface area (Å²) in [7, 11) is 0.133. The van der Waals surface area contributed by atoms with Gasteiger partial charge in [-0.15, -0.1) is 0 Å². The second kappa shape index (κ2) is 5.26. The number of sulfone groups is 1. The highest BCUT2D eigenvalue weighted by molar-refractivity contribution is 7.90. The van der Waals surface area contributed by atoms with Crippen LogP contribution >= 0.6 is 0 Å². The van der Waals surface area contributed by atoms with Gasteiger partial charge in [0.05, 0.1) is 24.2 Å². The quantitative estimate of drug-likeness (QED) is 0.904. The van der Waals surface area contributed by atoms with E-state index in [0.717, 1.165) is 11.3 Å². The number of rotatable bonds is 4. The summed E-state index contributed by atoms with van der Waals surface area (Å²) in [6, 6.07) is 6.06. The van der Waals surface area contributed by atoms with Gasteiger partial charge in [0.2, 0.25) is 0 Å². The van der Waals surface area contributed by atoms with Crippen LogP contribution in [0.2, 0.25) is 0 Å². The summed E-state index contributed by atoms with van der Waals surface area (Å²) >= 11 is 0. The van der Waals surface area contributed by atoms with E-state index < -0.39 is 15.9 Å². The average Bonchev–Trinajstić information content (AvgIpc) is 2.78. The van der Waals surface area contributed by atoms with Crippen molar-refractivity contribution in [2.75, 3.05) is 13.4 Å². The molecule has 0 saturated carbocycles. The van der Waals surface area contributed by atoms with Gasteiger partial charge in [0, 0.05) is 13.3 Å². The Kier molecular flexibility index (Phi) is 3.82. The smallest absolute Gasteiger partial charge is 0.175 e. The number of hydrogen-bond acceptors (Lipinski definition) is 5. The monoisotopic (exact) mass is 295 g/mol. The molecule has 0 aliphatic carbocycles. The summed E-state index contributed by atoms with van der Waals surface area (Å²) in [5.74, 6) is 0.604. The molecule has 0 saturated heterocycles. The van der Waals surface area contributed by atoms with E-state index in [1.54, 1.807) is 49.3 Å². The van der Waals surface area contributed by atoms with Crippen LogP contribution in [0.5, 0.6) is 5.75 Å². The van der Waals surface area contributed by atoms with E-state index in [9.17, 15) is 8.42 Å². The van der Waals surface area contributed by atoms with Crippen molar-refractivity contribution in [2.45, 2.75) is 10.9 Å². The Hall–Kier alpha value is -1.86. The highest BCUT2D eigenvalue weighted by Gasteiger charge is 2.19. The summed E-state index contributed by atoms with van der Waals surface area (Å²) < 4.78 is 29.7. The van der Waals surface area contributed by atoms with Gasteiger partial charge in [-0.25, -0.2) is 8.42 Å². The average molecular weight is 295 g/mol. The third kappa shape index (κ3) is 2.68. The zero-order valence-electron chi connectivity index (χ0n) is 11.6. The molecule has 0 bridgehead atoms. The minimum Gasteiger partial charge on any atom is -0.493 e. The molecule has 6 nitrogen and oxygen atoms in total. The Balaban J connectivity index is 2.39. The van der Waals surface area contributed by atoms with Gasteiger partial charge in [0.25, 0.3) is 0 Å². The molecule has 2 rings (SSSR count). The van der Waals surface area contributed by atoms with Crippen LogP contribution in [-0.4, -0.2) is 31.6 Å². The summed E-state index contributed by atoms with van der Waals surface area (Å²) in [5.41, 5.74) is 7.73. The first-order valence-corrected chi connectivity index (χ1v) is 7.85. The molecule has 1 aromatic heterocycles. The first kappa shape index (κ1) is 14.5. The lowest BCUT2D eigenvalue weighted by molar-refractivity contribution is 0.406. The number of benzene rings is 1. The van der Waals surface area contributed by atoms with Gasteiger partial charge in [-0.1, -0.05) is 12.1 Å². The van der Waals surface area contributed by atoms with Crippen LogP contribution in [0.4, 0.5) is 0 Å². The van der Waals surface area contributed by atoms with Crippen molar-refractivity contribution in [3.8, 4) is 5.75 Å². The molecule has 2 aromatic rings. The van der Waals surface area contributed by atoms with Crippen LogP contribution in [0.25, 0.3) is 0 Å². The maximum Gasteiger partial charge on any atom is 0.175 e. The molecule has 1 unspecified atom stereocenters. The van der Waals surface area contributed by atoms with E-state index in [4.69, 9.17) is 10.5 Å². The van der Waals surface area contributed by atoms with E-state index in [1.165, 1.54) is 6.26 Å². The minimum absolute atomic E-state index is 0.269. The molecule has 0 spiro atoms. The molecule has 2 N–H and O–H groups in total. The third-order valence-corrected chi connectivity index (χ3v) is 4.26. The Labute approximate surface area is 118 Å². The molecule has 7 heteroatoms. The summed E-state index contributed by atoms with van der Waals surface area (Å²) in [6.07, 6.45) is 2.77. The van der Waals surface area contributed by atoms with Crippen molar-refractivity contribution in [3.05, 3.63) is 41.7 Å². The van der Waals surface area contributed by atoms with Crippen LogP contribution in [0.15, 0.2) is 35.4 Å². The molecule has 1 heterocycles. The fraction of sp³-hybridized carbons (Fsp3) is 0.308. The molecule has 0 aliphatic heterocycles. The van der Waals surface area contributed by atoms with Crippen molar-refractivity contribution in [2.24, 2.45) is 12.8 Å². The predicted octanol–water partition coefficient (Wildman–Crippen LogP) is 0.880. The molecule has 1 aromatic carbocycles. The number of nitrogens with zero attached hydrogens (tertiary/aromatic N) is 2. The summed E-state index contributed by atoms with van der Waals surface area (Å²) in [5, 5.41) is 4.11. The number of ether oxygens (including phenoxy) is 1. The molecular weight excluding hydrogens is 278 g/mol. The standard InChI is InChI=1S/C13H17N3O3S/c1-16-13(11(19-2)8-15-16)12(14)9-4-6-10(7-5-9)20(3,17)18/h4-8,12H,14H2,1-3H3. The molecular formula is C13H17N3O3S. The Bertz CT molecular complexity index is 705. The van der Waals surface area contributed by atoms with Gasteiger partial charge in [-0.3, -0.25) is 4.68 Å². The summed E-state index contributed by atoms with van der Waals surface area (Å²) in [4.78, 5) is 0.269. The summed E-state index contributed by atoms with van der Waals surface area (Å²) in [6.45, 7) is 0. The van der Waals surface area contributed by atoms with Crippen LogP contribution in [0.1, 0.15) is 17.3 Å². The Morgan fingerprint density at radius 2 is 1.90 bits per heavy atom. The van der Waals surface area contributed by atoms with Crippen LogP contribution in [-0.2, 0) is 16.9 Å². The largest absolute Gasteiger partial charge is 0.493 e. The SMILES string of the molecule is COc1cnn(C)c1C(N)c1ccc(S(C)(=O)=O)cc1. The van der Waals surface area contributed by atoms with Gasteiger partial charge in [0.1, 0.15) is 5.69 Å². The number of nitrogens with two attached hydrogens (primary N) is 1. The molecule has 108 valence electrons. The van der Waals surface area contributed by atoms with E-state index in [2.05, 4.69) is 5.10 Å². The van der Waals surface area contributed by atoms with Gasteiger partial charge >= 0.3 is 0 Å². The molecule has 1 atom stereocenters. The first-order chi connectivity index (χ1) is 9.34. The topological polar surface area (TPSA) is 87.2 Å². The maximum absolute atomic E-state index is 11.4. The second-order valence-corrected chi connectivity index (χ2v) is 6.56. The molecule has 0 amide bonds. The lowest BCUT2D eigenvalue weighted by Crippen LogP contribution is -2.17. The highest BCUT2D eigenvalue weighted by atomic mass is 32.2. The number of hydrogen-bond donors (Lipinski definition) is 1. The number of aromatic nitrogens is 2. The molecule has 0 radical (unpaired) electrons. The Morgan fingerprint density at radius 3 is 2.40 bits per heavy atom. The molecule has 20 heavy (non-hydrogen) atoms. The fourth-order valence-electron chi connectivity index (χ4n) is 2.02. The van der Waals surface area contributed by atoms with Gasteiger partial charge in [0.15, 0.2) is 15.6 Å². The van der Waals surface area contributed by atoms with E-state index in [0.29, 0.717) is 5.75 Å². The fourth-order valence-corrected chi connectivity index (χ4v) is 2.65. The lowest BCUT2D eigenvalue weighted by Gasteiger charge is -2.14. The van der Waals surface area contributed by atoms with Crippen molar-refractivity contribution in [1.82, 2.24) is 9.78 Å². The van der Waals surface area contributed by atoms with Crippen molar-refractivity contribution < 1.29 is 13.2 Å². The second-order valence-electron chi connectivity index (χ2n) is 4.54. The zero-order valence-corrected chi connectivity index (χ0v) is 12.4. The zero-order chi connectivity index (χ0) is 14.9. The van der Waals surface area contributed by atoms with Crippen LogP contribution < -0.4 is 10.5 Å². The minimum atomic E-state index is -3.20. The first-order valence-electron chi connectivity index (χ1n) is 5.96. The van der Waals surface area contributed by atoms with Crippen molar-refractivity contribution >= 4 is 9.84 Å². The molecule has 0 fully saturated rings. The number of methoxy groups -OCH3 is 1. The van der Waals surface area contributed by atoms with Crippen LogP contribution in [0.3, 0.4) is 0 Å². The highest BCUT2D eigenvalue weighted by Crippen LogP contribution is 2.28. The predicted molar refractivity (Wildman–Crippen MR) is 75.3 cm³/mol. The van der Waals surface area contributed by atoms with Gasteiger partial charge < -0.3 is 10.5 Å². The van der Waals surface area contributed by atoms with Crippen molar-refractivity contribution in [3.63, 3.8) is 0 Å². The Morgan fingerprint density at radius 1 is 1.30 bits per heavy atom. The third-order valence-electron chi connectivity index (χ3n) is 3.13. The van der Waals surface area contributed by atoms with Gasteiger partial charge in [-0.05, 0) is 17.7 Å².